The average molecular weight is 1420 g/mol. The molecule has 0 unspecified atom stereocenters. The zero-order valence-corrected chi connectivity index (χ0v) is 60.3. The van der Waals surface area contributed by atoms with Crippen molar-refractivity contribution in [3.63, 3.8) is 0 Å². The molecule has 0 bridgehead atoms. The van der Waals surface area contributed by atoms with Crippen molar-refractivity contribution in [3.8, 4) is 23.0 Å². The van der Waals surface area contributed by atoms with Crippen LogP contribution in [0.1, 0.15) is 191 Å². The number of carboxylic acid groups (broad SMARTS) is 1. The third kappa shape index (κ3) is 20.4. The lowest BCUT2D eigenvalue weighted by molar-refractivity contribution is -0.254. The van der Waals surface area contributed by atoms with Gasteiger partial charge in [0.25, 0.3) is 10.1 Å². The molecular formula is C78H99O22S-. The first-order valence-corrected chi connectivity index (χ1v) is 35.9. The van der Waals surface area contributed by atoms with Gasteiger partial charge in [0.1, 0.15) is 23.7 Å². The summed E-state index contributed by atoms with van der Waals surface area (Å²) < 4.78 is 85.9. The minimum Gasteiger partial charge on any atom is -0.545 e. The molecule has 5 aliphatic rings. The molecule has 22 nitrogen and oxygen atoms in total. The number of ether oxygens (including phenoxy) is 9. The van der Waals surface area contributed by atoms with Crippen molar-refractivity contribution in [3.05, 3.63) is 148 Å². The second-order valence-electron chi connectivity index (χ2n) is 26.9. The fourth-order valence-corrected chi connectivity index (χ4v) is 13.6. The number of benzene rings is 4. The molecule has 0 saturated heterocycles. The maximum absolute atomic E-state index is 14.1. The molecule has 0 aliphatic heterocycles. The number of methoxy groups -OCH3 is 4. The Labute approximate surface area is 591 Å². The van der Waals surface area contributed by atoms with Crippen LogP contribution in [0.3, 0.4) is 0 Å². The summed E-state index contributed by atoms with van der Waals surface area (Å²) >= 11 is 0. The fraction of sp³-hybridized carbons (Fsp3) is 0.513. The molecule has 4 aromatic carbocycles. The summed E-state index contributed by atoms with van der Waals surface area (Å²) in [6, 6.07) is 9.84. The van der Waals surface area contributed by atoms with Gasteiger partial charge in [0.2, 0.25) is 10.9 Å². The molecule has 3 fully saturated rings. The highest BCUT2D eigenvalue weighted by atomic mass is 32.2. The summed E-state index contributed by atoms with van der Waals surface area (Å²) in [6.45, 7) is 14.7. The van der Waals surface area contributed by atoms with E-state index < -0.39 is 38.7 Å². The number of aliphatic hydroxyl groups is 1. The lowest BCUT2D eigenvalue weighted by atomic mass is 9.83. The minimum atomic E-state index is -3.24. The van der Waals surface area contributed by atoms with E-state index in [1.54, 1.807) is 63.3 Å². The molecule has 5 aliphatic carbocycles. The van der Waals surface area contributed by atoms with E-state index in [2.05, 4.69) is 20.8 Å². The predicted molar refractivity (Wildman–Crippen MR) is 381 cm³/mol. The Kier molecular flexibility index (Phi) is 29.6. The number of allylic oxidation sites excluding steroid dienone is 4. The van der Waals surface area contributed by atoms with Crippen LogP contribution in [0.2, 0.25) is 0 Å². The number of aliphatic hydroxyl groups excluding tert-OH is 1. The fourth-order valence-electron chi connectivity index (χ4n) is 13.2. The topological polar surface area (TPSA) is 298 Å². The molecule has 23 heteroatoms. The van der Waals surface area contributed by atoms with E-state index in [-0.39, 0.29) is 101 Å². The van der Waals surface area contributed by atoms with Gasteiger partial charge in [-0.2, -0.15) is 8.42 Å². The van der Waals surface area contributed by atoms with E-state index in [0.717, 1.165) is 62.2 Å². The third-order valence-electron chi connectivity index (χ3n) is 19.5. The van der Waals surface area contributed by atoms with Gasteiger partial charge in [-0.25, -0.2) is 4.79 Å². The number of carboxylic acids is 1. The molecular weight excluding hydrogens is 1320 g/mol. The van der Waals surface area contributed by atoms with Crippen LogP contribution in [0.25, 0.3) is 33.1 Å². The summed E-state index contributed by atoms with van der Waals surface area (Å²) in [6.07, 6.45) is 21.6. The molecule has 2 aromatic heterocycles. The van der Waals surface area contributed by atoms with Gasteiger partial charge in [-0.05, 0) is 184 Å². The maximum Gasteiger partial charge on any atom is 0.339 e. The van der Waals surface area contributed by atoms with E-state index >= 15 is 0 Å². The van der Waals surface area contributed by atoms with Crippen molar-refractivity contribution >= 4 is 66.7 Å². The number of Topliss-reactive ketones (excluding diaryl/α,β-unsaturated/α-hetero) is 2. The number of hydrogen-bond donors (Lipinski definition) is 1. The summed E-state index contributed by atoms with van der Waals surface area (Å²) in [5.74, 6) is 2.31. The summed E-state index contributed by atoms with van der Waals surface area (Å²) in [5, 5.41) is 20.6. The highest BCUT2D eigenvalue weighted by molar-refractivity contribution is 7.86. The third-order valence-corrected chi connectivity index (χ3v) is 20.1. The molecule has 0 atom stereocenters. The standard InChI is InChI=1S/C34H38O9.C26H24O9.C9H18O3S.C8H16O.CH4/c1-19-6-8-22(9-7-19)15-41-34(37)30-21(3)20(2)12-29-31(30)33(36)26(16-40-29)24-11-10-23-13-27(42-17-38-4)28(43-18-39-5)14-25(23)32(24)35;1-13-7-21-23(22(14(13)2)26(29)30)25(28)18(10-33-21)16-6-5-15-8-19(34-11-31-3)20(35-12-32-4)9-17(15)24(16)27;1-8-3-5-9(6-4-8)7-12-13(2,10)11;1-7-2-4-8(6-9)5-3-7;/h11-14,16,19,22H,6-10,15,17-18H2,1-5H3;6-10H,5,11-12H2,1-4H3,(H,29,30);8-9H,3-7H2,1-2H3;7-9H,2-6H2,1H3;1H4/p-1. The lowest BCUT2D eigenvalue weighted by Crippen LogP contribution is -2.27. The highest BCUT2D eigenvalue weighted by Gasteiger charge is 2.32. The van der Waals surface area contributed by atoms with E-state index in [9.17, 15) is 42.3 Å². The van der Waals surface area contributed by atoms with Crippen molar-refractivity contribution < 1.29 is 93.5 Å². The van der Waals surface area contributed by atoms with E-state index in [4.69, 9.17) is 60.8 Å². The number of aromatic carboxylic acids is 1. The van der Waals surface area contributed by atoms with Crippen molar-refractivity contribution in [2.45, 2.75) is 146 Å². The smallest absolute Gasteiger partial charge is 0.339 e. The summed E-state index contributed by atoms with van der Waals surface area (Å²) in [7, 11) is 2.70. The molecule has 0 amide bonds. The van der Waals surface area contributed by atoms with Crippen LogP contribution in [-0.4, -0.2) is 119 Å². The summed E-state index contributed by atoms with van der Waals surface area (Å²) in [5.41, 5.74) is 4.18. The second kappa shape index (κ2) is 37.2. The Hall–Kier alpha value is -8.03. The lowest BCUT2D eigenvalue weighted by Gasteiger charge is -2.25. The van der Waals surface area contributed by atoms with Gasteiger partial charge in [-0.3, -0.25) is 23.4 Å². The molecule has 2 heterocycles. The Morgan fingerprint density at radius 1 is 0.515 bits per heavy atom. The summed E-state index contributed by atoms with van der Waals surface area (Å²) in [4.78, 5) is 80.1. The minimum absolute atomic E-state index is 0. The van der Waals surface area contributed by atoms with Crippen LogP contribution in [0.15, 0.2) is 79.5 Å². The van der Waals surface area contributed by atoms with E-state index in [0.29, 0.717) is 113 Å². The van der Waals surface area contributed by atoms with Gasteiger partial charge in [0.15, 0.2) is 61.7 Å². The first-order valence-electron chi connectivity index (χ1n) is 34.1. The van der Waals surface area contributed by atoms with Crippen LogP contribution in [0, 0.1) is 63.2 Å². The molecule has 101 heavy (non-hydrogen) atoms. The normalized spacial score (nSPS) is 19.4. The van der Waals surface area contributed by atoms with Crippen molar-refractivity contribution in [2.24, 2.45) is 35.5 Å². The molecule has 0 radical (unpaired) electrons. The Morgan fingerprint density at radius 3 is 1.24 bits per heavy atom. The zero-order valence-electron chi connectivity index (χ0n) is 59.5. The predicted octanol–water partition coefficient (Wildman–Crippen LogP) is 13.0. The second-order valence-corrected chi connectivity index (χ2v) is 28.6. The van der Waals surface area contributed by atoms with Crippen LogP contribution < -0.4 is 34.9 Å². The van der Waals surface area contributed by atoms with Crippen molar-refractivity contribution in [1.29, 1.82) is 0 Å². The van der Waals surface area contributed by atoms with Gasteiger partial charge in [-0.1, -0.05) is 78.9 Å². The molecule has 550 valence electrons. The highest BCUT2D eigenvalue weighted by Crippen LogP contribution is 2.40. The number of fused-ring (bicyclic) bond motifs is 4. The van der Waals surface area contributed by atoms with Gasteiger partial charge >= 0.3 is 5.97 Å². The molecule has 1 N–H and O–H groups in total. The number of ketones is 2. The Balaban J connectivity index is 0.000000218. The van der Waals surface area contributed by atoms with Crippen LogP contribution in [0.5, 0.6) is 23.0 Å². The van der Waals surface area contributed by atoms with Crippen molar-refractivity contribution in [2.75, 3.05) is 81.7 Å². The van der Waals surface area contributed by atoms with Gasteiger partial charge in [0.05, 0.1) is 52.9 Å². The van der Waals surface area contributed by atoms with Gasteiger partial charge in [0, 0.05) is 62.9 Å². The Morgan fingerprint density at radius 2 is 0.871 bits per heavy atom. The number of rotatable bonds is 22. The largest absolute Gasteiger partial charge is 0.545 e. The number of carbonyl (C=O) groups excluding carboxylic acids is 4. The number of aryl methyl sites for hydroxylation is 2. The monoisotopic (exact) mass is 1420 g/mol. The van der Waals surface area contributed by atoms with Crippen LogP contribution >= 0.6 is 0 Å². The maximum atomic E-state index is 14.1. The average Bonchev–Trinajstić information content (AvgIpc) is 0.756. The van der Waals surface area contributed by atoms with Crippen LogP contribution in [-0.2, 0) is 50.8 Å². The zero-order chi connectivity index (χ0) is 72.5. The first-order chi connectivity index (χ1) is 47.8. The van der Waals surface area contributed by atoms with Crippen LogP contribution in [0.4, 0.5) is 0 Å². The number of hydrogen-bond acceptors (Lipinski definition) is 22. The SMILES string of the molecule is C.CC1CCC(CO)CC1.CC1CCC(COS(C)(=O)=O)CC1.COCOc1cc2c(cc1OCOC)C(=O)C(c1coc3cc(C)c(C)c(C(=O)OCC4CCC(C)CC4)c3c1=O)=CC2.COCOc1cc2c(cc1OCOC)C(=O)C(c1coc3cc(C)c(C)c(C(=O)[O-])c3c1=O)=CC2. The Bertz CT molecular complexity index is 4210. The van der Waals surface area contributed by atoms with E-state index in [1.807, 2.05) is 6.92 Å². The van der Waals surface area contributed by atoms with E-state index in [1.165, 1.54) is 85.6 Å². The molecule has 0 spiro atoms. The van der Waals surface area contributed by atoms with Gasteiger partial charge in [-0.15, -0.1) is 0 Å². The number of carbonyl (C=O) groups is 4. The van der Waals surface area contributed by atoms with Gasteiger partial charge < -0.3 is 66.5 Å². The molecule has 3 saturated carbocycles. The quantitative estimate of drug-likeness (QED) is 0.0375. The molecule has 11 rings (SSSR count). The first kappa shape index (κ1) is 80.3. The van der Waals surface area contributed by atoms with Crippen molar-refractivity contribution in [1.82, 2.24) is 0 Å². The number of esters is 1. The molecule has 6 aromatic rings.